The van der Waals surface area contributed by atoms with Crippen molar-refractivity contribution in [1.82, 2.24) is 9.38 Å². The Bertz CT molecular complexity index is 2430. The van der Waals surface area contributed by atoms with E-state index >= 15 is 4.57 Å². The number of pyridine rings is 1. The lowest BCUT2D eigenvalue weighted by Crippen LogP contribution is -2.25. The molecule has 4 nitrogen and oxygen atoms in total. The van der Waals surface area contributed by atoms with Crippen molar-refractivity contribution in [2.45, 2.75) is 6.92 Å². The molecule has 45 heavy (non-hydrogen) atoms. The van der Waals surface area contributed by atoms with Crippen LogP contribution in [-0.2, 0) is 9.13 Å². The van der Waals surface area contributed by atoms with Crippen molar-refractivity contribution in [3.05, 3.63) is 152 Å². The van der Waals surface area contributed by atoms with Gasteiger partial charge in [0.05, 0.1) is 16.6 Å². The Morgan fingerprint density at radius 3 is 1.71 bits per heavy atom. The number of rotatable bonds is 6. The summed E-state index contributed by atoms with van der Waals surface area (Å²) in [5, 5.41) is 6.96. The minimum absolute atomic E-state index is 0.519. The summed E-state index contributed by atoms with van der Waals surface area (Å²) in [7, 11) is -6.08. The van der Waals surface area contributed by atoms with Crippen LogP contribution in [0, 0.1) is 0 Å². The Labute approximate surface area is 261 Å². The number of aromatic nitrogens is 2. The van der Waals surface area contributed by atoms with Crippen molar-refractivity contribution in [2.24, 2.45) is 0 Å². The molecule has 8 aromatic rings. The predicted octanol–water partition coefficient (Wildman–Crippen LogP) is 7.77. The average molecular weight is 621 g/mol. The standard InChI is InChI=1S/C39H30N2O2P2/c1-2-44(42,28-14-6-3-7-15-28)31-22-24-33-35-26-32(45(43,29-16-8-4-9-17-29)30-18-10-5-11-19-30)23-25-34(35)39-40-36-20-12-13-21-37(36)41(39)38(33)27-31/h3-27H,2H2,1H3. The monoisotopic (exact) mass is 620 g/mol. The van der Waals surface area contributed by atoms with Gasteiger partial charge in [0.25, 0.3) is 0 Å². The fraction of sp³-hybridized carbons (Fsp3) is 0.0513. The summed E-state index contributed by atoms with van der Waals surface area (Å²) in [5.74, 6) is 0. The molecule has 0 aliphatic carbocycles. The highest BCUT2D eigenvalue weighted by molar-refractivity contribution is 7.85. The van der Waals surface area contributed by atoms with Crippen LogP contribution >= 0.6 is 14.3 Å². The van der Waals surface area contributed by atoms with Crippen LogP contribution in [-0.4, -0.2) is 15.5 Å². The molecule has 0 amide bonds. The van der Waals surface area contributed by atoms with E-state index in [1.807, 2.05) is 128 Å². The van der Waals surface area contributed by atoms with Crippen molar-refractivity contribution in [3.63, 3.8) is 0 Å². The van der Waals surface area contributed by atoms with Crippen molar-refractivity contribution in [3.8, 4) is 0 Å². The molecule has 1 unspecified atom stereocenters. The van der Waals surface area contributed by atoms with Gasteiger partial charge in [0.15, 0.2) is 7.14 Å². The van der Waals surface area contributed by atoms with Crippen molar-refractivity contribution in [2.75, 3.05) is 6.16 Å². The van der Waals surface area contributed by atoms with Gasteiger partial charge in [0.2, 0.25) is 0 Å². The molecule has 0 N–H and O–H groups in total. The molecular formula is C39H30N2O2P2. The van der Waals surface area contributed by atoms with Gasteiger partial charge < -0.3 is 9.13 Å². The first-order valence-electron chi connectivity index (χ1n) is 15.2. The van der Waals surface area contributed by atoms with Crippen molar-refractivity contribution in [1.29, 1.82) is 0 Å². The molecule has 218 valence electrons. The molecule has 0 aliphatic heterocycles. The van der Waals surface area contributed by atoms with Gasteiger partial charge >= 0.3 is 0 Å². The van der Waals surface area contributed by atoms with Gasteiger partial charge in [-0.25, -0.2) is 4.98 Å². The summed E-state index contributed by atoms with van der Waals surface area (Å²) in [5.41, 5.74) is 3.63. The largest absolute Gasteiger partial charge is 0.314 e. The van der Waals surface area contributed by atoms with Gasteiger partial charge in [0, 0.05) is 43.5 Å². The molecule has 6 aromatic carbocycles. The third-order valence-electron chi connectivity index (χ3n) is 8.96. The first-order valence-corrected chi connectivity index (χ1v) is 18.8. The summed E-state index contributed by atoms with van der Waals surface area (Å²) in [6.45, 7) is 2.00. The maximum atomic E-state index is 15.3. The third kappa shape index (κ3) is 4.25. The van der Waals surface area contributed by atoms with Crippen LogP contribution in [0.5, 0.6) is 0 Å². The maximum Gasteiger partial charge on any atom is 0.171 e. The van der Waals surface area contributed by atoms with E-state index in [1.54, 1.807) is 0 Å². The van der Waals surface area contributed by atoms with Crippen molar-refractivity contribution < 1.29 is 9.13 Å². The van der Waals surface area contributed by atoms with Gasteiger partial charge in [0.1, 0.15) is 12.8 Å². The topological polar surface area (TPSA) is 51.4 Å². The Balaban J connectivity index is 1.48. The van der Waals surface area contributed by atoms with Crippen LogP contribution in [0.2, 0.25) is 0 Å². The van der Waals surface area contributed by atoms with Crippen LogP contribution in [0.1, 0.15) is 6.92 Å². The number of hydrogen-bond donors (Lipinski definition) is 0. The lowest BCUT2D eigenvalue weighted by atomic mass is 10.1. The summed E-state index contributed by atoms with van der Waals surface area (Å²) in [4.78, 5) is 5.10. The lowest BCUT2D eigenvalue weighted by Gasteiger charge is -2.21. The van der Waals surface area contributed by atoms with Crippen molar-refractivity contribution >= 4 is 79.2 Å². The Kier molecular flexibility index (Phi) is 6.61. The normalized spacial score (nSPS) is 13.4. The fourth-order valence-corrected chi connectivity index (χ4v) is 11.7. The molecule has 8 rings (SSSR count). The van der Waals surface area contributed by atoms with Crippen LogP contribution in [0.3, 0.4) is 0 Å². The second kappa shape index (κ2) is 10.7. The first kappa shape index (κ1) is 27.8. The zero-order valence-electron chi connectivity index (χ0n) is 24.7. The molecule has 2 heterocycles. The van der Waals surface area contributed by atoms with E-state index in [0.717, 1.165) is 64.9 Å². The second-order valence-corrected chi connectivity index (χ2v) is 17.3. The molecule has 1 atom stereocenters. The van der Waals surface area contributed by atoms with E-state index in [-0.39, 0.29) is 0 Å². The highest BCUT2D eigenvalue weighted by Crippen LogP contribution is 2.46. The van der Waals surface area contributed by atoms with Crippen LogP contribution in [0.15, 0.2) is 152 Å². The molecule has 0 radical (unpaired) electrons. The lowest BCUT2D eigenvalue weighted by molar-refractivity contribution is 0.587. The molecule has 0 spiro atoms. The molecule has 0 saturated heterocycles. The summed E-state index contributed by atoms with van der Waals surface area (Å²) in [6.07, 6.45) is 0.519. The number of hydrogen-bond acceptors (Lipinski definition) is 3. The minimum atomic E-state index is -3.20. The molecular weight excluding hydrogens is 590 g/mol. The Hall–Kier alpha value is -4.75. The van der Waals surface area contributed by atoms with Gasteiger partial charge in [-0.3, -0.25) is 4.40 Å². The van der Waals surface area contributed by atoms with Crippen LogP contribution < -0.4 is 26.5 Å². The van der Waals surface area contributed by atoms with Gasteiger partial charge in [-0.1, -0.05) is 128 Å². The molecule has 2 aromatic heterocycles. The minimum Gasteiger partial charge on any atom is -0.314 e. The van der Waals surface area contributed by atoms with Gasteiger partial charge in [-0.2, -0.15) is 0 Å². The summed E-state index contributed by atoms with van der Waals surface area (Å²) in [6, 6.07) is 49.8. The van der Waals surface area contributed by atoms with E-state index in [1.165, 1.54) is 0 Å². The Morgan fingerprint density at radius 1 is 0.511 bits per heavy atom. The number of nitrogens with zero attached hydrogens (tertiary/aromatic N) is 2. The summed E-state index contributed by atoms with van der Waals surface area (Å²) >= 11 is 0. The predicted molar refractivity (Wildman–Crippen MR) is 191 cm³/mol. The number of fused-ring (bicyclic) bond motifs is 8. The van der Waals surface area contributed by atoms with E-state index in [9.17, 15) is 4.57 Å². The first-order chi connectivity index (χ1) is 22.0. The maximum absolute atomic E-state index is 15.3. The smallest absolute Gasteiger partial charge is 0.171 e. The number of benzene rings is 6. The quantitative estimate of drug-likeness (QED) is 0.141. The molecule has 6 heteroatoms. The molecule has 0 bridgehead atoms. The van der Waals surface area contributed by atoms with Crippen LogP contribution in [0.4, 0.5) is 0 Å². The second-order valence-electron chi connectivity index (χ2n) is 11.4. The van der Waals surface area contributed by atoms with E-state index in [4.69, 9.17) is 4.98 Å². The highest BCUT2D eigenvalue weighted by atomic mass is 31.2. The van der Waals surface area contributed by atoms with Crippen LogP contribution in [0.25, 0.3) is 38.4 Å². The van der Waals surface area contributed by atoms with E-state index < -0.39 is 14.3 Å². The SMILES string of the molecule is CCP(=O)(c1ccccc1)c1ccc2c3cc(P(=O)(c4ccccc4)c4ccccc4)ccc3c3nc4ccccc4n3c2c1. The molecule has 0 saturated carbocycles. The Morgan fingerprint density at radius 2 is 1.07 bits per heavy atom. The number of imidazole rings is 1. The third-order valence-corrected chi connectivity index (χ3v) is 15.1. The number of para-hydroxylation sites is 2. The zero-order chi connectivity index (χ0) is 30.6. The van der Waals surface area contributed by atoms with Gasteiger partial charge in [-0.15, -0.1) is 0 Å². The zero-order valence-corrected chi connectivity index (χ0v) is 26.5. The average Bonchev–Trinajstić information content (AvgIpc) is 3.52. The van der Waals surface area contributed by atoms with E-state index in [0.29, 0.717) is 6.16 Å². The fourth-order valence-electron chi connectivity index (χ4n) is 6.66. The summed E-state index contributed by atoms with van der Waals surface area (Å²) < 4.78 is 32.2. The van der Waals surface area contributed by atoms with Gasteiger partial charge in [-0.05, 0) is 35.7 Å². The molecule has 0 fully saturated rings. The highest BCUT2D eigenvalue weighted by Gasteiger charge is 2.31. The van der Waals surface area contributed by atoms with E-state index in [2.05, 4.69) is 34.7 Å². The molecule has 0 aliphatic rings.